The molecule has 1 atom stereocenters. The highest BCUT2D eigenvalue weighted by Gasteiger charge is 2.24. The lowest BCUT2D eigenvalue weighted by Crippen LogP contribution is -2.35. The van der Waals surface area contributed by atoms with Crippen LogP contribution in [-0.4, -0.2) is 41.7 Å². The predicted octanol–water partition coefficient (Wildman–Crippen LogP) is 5.34. The Hall–Kier alpha value is -4.20. The van der Waals surface area contributed by atoms with Crippen LogP contribution in [0.25, 0.3) is 11.4 Å². The first-order valence-electron chi connectivity index (χ1n) is 11.2. The summed E-state index contributed by atoms with van der Waals surface area (Å²) in [5, 5.41) is 4.08. The van der Waals surface area contributed by atoms with Crippen molar-refractivity contribution in [2.45, 2.75) is 19.4 Å². The van der Waals surface area contributed by atoms with Crippen molar-refractivity contribution in [1.82, 2.24) is 15.0 Å². The number of carbonyl (C=O) groups is 1. The number of amides is 1. The van der Waals surface area contributed by atoms with Gasteiger partial charge in [0.15, 0.2) is 11.5 Å². The Kier molecular flexibility index (Phi) is 7.40. The molecule has 3 aromatic carbocycles. The number of rotatable bonds is 9. The Balaban J connectivity index is 1.55. The molecule has 180 valence electrons. The van der Waals surface area contributed by atoms with Crippen LogP contribution in [0.4, 0.5) is 4.39 Å². The summed E-state index contributed by atoms with van der Waals surface area (Å²) in [5.74, 6) is 1.20. The molecule has 1 amide bonds. The summed E-state index contributed by atoms with van der Waals surface area (Å²) in [6.45, 7) is 2.24. The van der Waals surface area contributed by atoms with E-state index in [0.717, 1.165) is 5.56 Å². The van der Waals surface area contributed by atoms with Crippen LogP contribution in [0.15, 0.2) is 77.3 Å². The third kappa shape index (κ3) is 5.48. The van der Waals surface area contributed by atoms with Gasteiger partial charge in [0.05, 0.1) is 20.3 Å². The second-order valence-corrected chi connectivity index (χ2v) is 7.93. The maximum absolute atomic E-state index is 13.8. The molecular weight excluding hydrogens is 449 g/mol. The fourth-order valence-corrected chi connectivity index (χ4v) is 3.83. The minimum atomic E-state index is -0.459. The molecule has 0 saturated heterocycles. The number of aromatic nitrogens is 2. The number of carbonyl (C=O) groups excluding carboxylic acids is 1. The molecule has 0 radical (unpaired) electrons. The number of hydrogen-bond acceptors (Lipinski definition) is 6. The van der Waals surface area contributed by atoms with Gasteiger partial charge in [-0.25, -0.2) is 4.39 Å². The summed E-state index contributed by atoms with van der Waals surface area (Å²) in [6, 6.07) is 20.5. The fraction of sp³-hybridized carbons (Fsp3) is 0.222. The van der Waals surface area contributed by atoms with Gasteiger partial charge in [-0.2, -0.15) is 4.98 Å². The maximum Gasteiger partial charge on any atom is 0.254 e. The van der Waals surface area contributed by atoms with Crippen molar-refractivity contribution in [3.63, 3.8) is 0 Å². The first kappa shape index (κ1) is 23.9. The minimum Gasteiger partial charge on any atom is -0.493 e. The van der Waals surface area contributed by atoms with Crippen LogP contribution in [-0.2, 0) is 6.42 Å². The standard InChI is InChI=1S/C27H26FN3O4/c1-18(19-8-5-4-6-9-19)31(27(32)21-10-7-11-22(28)16-21)15-14-25-29-26(30-35-25)20-12-13-23(33-2)24(17-20)34-3/h4-13,16-18H,14-15H2,1-3H3. The van der Waals surface area contributed by atoms with Crippen molar-refractivity contribution in [2.24, 2.45) is 0 Å². The number of benzene rings is 3. The molecule has 4 aromatic rings. The number of methoxy groups -OCH3 is 2. The van der Waals surface area contributed by atoms with E-state index in [1.165, 1.54) is 18.2 Å². The normalized spacial score (nSPS) is 11.7. The van der Waals surface area contributed by atoms with Crippen LogP contribution >= 0.6 is 0 Å². The second kappa shape index (κ2) is 10.8. The van der Waals surface area contributed by atoms with Gasteiger partial charge in [0.1, 0.15) is 5.82 Å². The summed E-state index contributed by atoms with van der Waals surface area (Å²) in [6.07, 6.45) is 0.332. The third-order valence-electron chi connectivity index (χ3n) is 5.76. The lowest BCUT2D eigenvalue weighted by atomic mass is 10.0. The average Bonchev–Trinajstić information content (AvgIpc) is 3.37. The molecule has 1 aromatic heterocycles. The molecule has 1 heterocycles. The van der Waals surface area contributed by atoms with E-state index >= 15 is 0 Å². The Morgan fingerprint density at radius 2 is 1.77 bits per heavy atom. The van der Waals surface area contributed by atoms with Gasteiger partial charge in [-0.05, 0) is 48.9 Å². The molecular formula is C27H26FN3O4. The highest BCUT2D eigenvalue weighted by molar-refractivity contribution is 5.94. The van der Waals surface area contributed by atoms with Gasteiger partial charge in [0.25, 0.3) is 5.91 Å². The SMILES string of the molecule is COc1ccc(-c2noc(CCN(C(=O)c3cccc(F)c3)C(C)c3ccccc3)n2)cc1OC. The van der Waals surface area contributed by atoms with Gasteiger partial charge < -0.3 is 18.9 Å². The van der Waals surface area contributed by atoms with E-state index in [2.05, 4.69) is 10.1 Å². The molecule has 0 N–H and O–H groups in total. The summed E-state index contributed by atoms with van der Waals surface area (Å²) in [4.78, 5) is 19.5. The topological polar surface area (TPSA) is 77.7 Å². The molecule has 0 saturated carbocycles. The van der Waals surface area contributed by atoms with Crippen molar-refractivity contribution in [1.29, 1.82) is 0 Å². The third-order valence-corrected chi connectivity index (χ3v) is 5.76. The zero-order chi connectivity index (χ0) is 24.8. The fourth-order valence-electron chi connectivity index (χ4n) is 3.83. The van der Waals surface area contributed by atoms with E-state index in [0.29, 0.717) is 41.7 Å². The van der Waals surface area contributed by atoms with Crippen molar-refractivity contribution < 1.29 is 23.2 Å². The quantitative estimate of drug-likeness (QED) is 0.325. The van der Waals surface area contributed by atoms with Crippen molar-refractivity contribution >= 4 is 5.91 Å². The Morgan fingerprint density at radius 1 is 1.00 bits per heavy atom. The van der Waals surface area contributed by atoms with Crippen LogP contribution in [0.1, 0.15) is 34.8 Å². The van der Waals surface area contributed by atoms with E-state index in [-0.39, 0.29) is 17.5 Å². The van der Waals surface area contributed by atoms with Crippen LogP contribution in [0.5, 0.6) is 11.5 Å². The van der Waals surface area contributed by atoms with Gasteiger partial charge in [0.2, 0.25) is 11.7 Å². The second-order valence-electron chi connectivity index (χ2n) is 7.93. The number of halogens is 1. The smallest absolute Gasteiger partial charge is 0.254 e. The maximum atomic E-state index is 13.8. The highest BCUT2D eigenvalue weighted by Crippen LogP contribution is 2.31. The van der Waals surface area contributed by atoms with Crippen LogP contribution < -0.4 is 9.47 Å². The summed E-state index contributed by atoms with van der Waals surface area (Å²) >= 11 is 0. The van der Waals surface area contributed by atoms with E-state index in [4.69, 9.17) is 14.0 Å². The molecule has 1 unspecified atom stereocenters. The molecule has 35 heavy (non-hydrogen) atoms. The van der Waals surface area contributed by atoms with Crippen LogP contribution in [0.2, 0.25) is 0 Å². The van der Waals surface area contributed by atoms with Gasteiger partial charge >= 0.3 is 0 Å². The predicted molar refractivity (Wildman–Crippen MR) is 129 cm³/mol. The first-order valence-corrected chi connectivity index (χ1v) is 11.2. The van der Waals surface area contributed by atoms with E-state index in [1.807, 2.05) is 43.3 Å². The van der Waals surface area contributed by atoms with Crippen molar-refractivity contribution in [2.75, 3.05) is 20.8 Å². The molecule has 8 heteroatoms. The molecule has 0 aliphatic heterocycles. The molecule has 0 aliphatic carbocycles. The molecule has 0 aliphatic rings. The zero-order valence-electron chi connectivity index (χ0n) is 19.8. The lowest BCUT2D eigenvalue weighted by molar-refractivity contribution is 0.0688. The molecule has 0 spiro atoms. The Morgan fingerprint density at radius 3 is 2.49 bits per heavy atom. The Bertz CT molecular complexity index is 1290. The van der Waals surface area contributed by atoms with Gasteiger partial charge in [-0.15, -0.1) is 0 Å². The Labute approximate surface area is 203 Å². The zero-order valence-corrected chi connectivity index (χ0v) is 19.8. The van der Waals surface area contributed by atoms with E-state index < -0.39 is 5.82 Å². The number of hydrogen-bond donors (Lipinski definition) is 0. The van der Waals surface area contributed by atoms with E-state index in [9.17, 15) is 9.18 Å². The molecule has 0 bridgehead atoms. The number of ether oxygens (including phenoxy) is 2. The summed E-state index contributed by atoms with van der Waals surface area (Å²) < 4.78 is 29.9. The first-order chi connectivity index (χ1) is 17.0. The van der Waals surface area contributed by atoms with Crippen molar-refractivity contribution in [3.05, 3.63) is 95.6 Å². The molecule has 4 rings (SSSR count). The molecule has 7 nitrogen and oxygen atoms in total. The van der Waals surface area contributed by atoms with E-state index in [1.54, 1.807) is 37.3 Å². The van der Waals surface area contributed by atoms with Gasteiger partial charge in [-0.1, -0.05) is 41.6 Å². The summed E-state index contributed by atoms with van der Waals surface area (Å²) in [7, 11) is 3.12. The monoisotopic (exact) mass is 475 g/mol. The van der Waals surface area contributed by atoms with Crippen molar-refractivity contribution in [3.8, 4) is 22.9 Å². The highest BCUT2D eigenvalue weighted by atomic mass is 19.1. The van der Waals surface area contributed by atoms with Gasteiger partial charge in [0, 0.05) is 24.1 Å². The largest absolute Gasteiger partial charge is 0.493 e. The average molecular weight is 476 g/mol. The van der Waals surface area contributed by atoms with Crippen LogP contribution in [0, 0.1) is 5.82 Å². The van der Waals surface area contributed by atoms with Crippen LogP contribution in [0.3, 0.4) is 0 Å². The lowest BCUT2D eigenvalue weighted by Gasteiger charge is -2.29. The minimum absolute atomic E-state index is 0.250. The molecule has 0 fully saturated rings. The van der Waals surface area contributed by atoms with Gasteiger partial charge in [-0.3, -0.25) is 4.79 Å². The summed E-state index contributed by atoms with van der Waals surface area (Å²) in [5.41, 5.74) is 1.96. The number of nitrogens with zero attached hydrogens (tertiary/aromatic N) is 3.